The first-order chi connectivity index (χ1) is 9.24. The van der Waals surface area contributed by atoms with E-state index in [1.807, 2.05) is 6.92 Å². The molecule has 0 saturated heterocycles. The fourth-order valence-electron chi connectivity index (χ4n) is 2.70. The maximum atomic E-state index is 11.9. The number of aromatic nitrogens is 4. The normalized spacial score (nSPS) is 16.7. The van der Waals surface area contributed by atoms with Crippen LogP contribution in [0.5, 0.6) is 0 Å². The summed E-state index contributed by atoms with van der Waals surface area (Å²) in [5.74, 6) is 1.90. The Morgan fingerprint density at radius 3 is 2.79 bits per heavy atom. The van der Waals surface area contributed by atoms with E-state index >= 15 is 0 Å². The van der Waals surface area contributed by atoms with Gasteiger partial charge >= 0.3 is 0 Å². The Bertz CT molecular complexity index is 622. The number of hydrogen-bond acceptors (Lipinski definition) is 3. The van der Waals surface area contributed by atoms with Crippen molar-refractivity contribution in [3.63, 3.8) is 0 Å². The molecule has 2 aromatic rings. The molecule has 5 heteroatoms. The van der Waals surface area contributed by atoms with Crippen LogP contribution in [0.3, 0.4) is 0 Å². The molecule has 0 radical (unpaired) electrons. The first kappa shape index (κ1) is 12.1. The number of nitrogens with zero attached hydrogens (tertiary/aromatic N) is 2. The van der Waals surface area contributed by atoms with E-state index in [0.29, 0.717) is 17.3 Å². The summed E-state index contributed by atoms with van der Waals surface area (Å²) in [6.45, 7) is 1.86. The third kappa shape index (κ3) is 2.45. The molecule has 0 amide bonds. The van der Waals surface area contributed by atoms with Gasteiger partial charge in [-0.1, -0.05) is 19.3 Å². The van der Waals surface area contributed by atoms with E-state index in [1.165, 1.54) is 32.1 Å². The van der Waals surface area contributed by atoms with E-state index < -0.39 is 0 Å². The van der Waals surface area contributed by atoms with Crippen molar-refractivity contribution in [2.45, 2.75) is 44.9 Å². The van der Waals surface area contributed by atoms with Crippen molar-refractivity contribution < 1.29 is 0 Å². The average Bonchev–Trinajstić information content (AvgIpc) is 2.89. The Kier molecular flexibility index (Phi) is 3.19. The van der Waals surface area contributed by atoms with Crippen LogP contribution in [0.4, 0.5) is 0 Å². The van der Waals surface area contributed by atoms with Gasteiger partial charge in [0, 0.05) is 23.9 Å². The van der Waals surface area contributed by atoms with Gasteiger partial charge < -0.3 is 4.98 Å². The summed E-state index contributed by atoms with van der Waals surface area (Å²) in [5.41, 5.74) is 1.34. The SMILES string of the molecule is Cc1cc(=O)c(-c2n[nH]c(C3CCCCC3)n2)c[nH]1. The molecule has 2 N–H and O–H groups in total. The van der Waals surface area contributed by atoms with Crippen LogP contribution in [0.1, 0.15) is 49.5 Å². The van der Waals surface area contributed by atoms with Crippen LogP contribution in [0.25, 0.3) is 11.4 Å². The number of aromatic amines is 2. The Labute approximate surface area is 111 Å². The minimum absolute atomic E-state index is 0.0366. The average molecular weight is 258 g/mol. The van der Waals surface area contributed by atoms with Crippen molar-refractivity contribution >= 4 is 0 Å². The molecule has 2 aromatic heterocycles. The number of H-pyrrole nitrogens is 2. The summed E-state index contributed by atoms with van der Waals surface area (Å²) in [5, 5.41) is 7.20. The summed E-state index contributed by atoms with van der Waals surface area (Å²) in [6.07, 6.45) is 7.84. The van der Waals surface area contributed by atoms with Crippen LogP contribution in [0, 0.1) is 6.92 Å². The van der Waals surface area contributed by atoms with Gasteiger partial charge in [0.2, 0.25) is 0 Å². The van der Waals surface area contributed by atoms with Crippen molar-refractivity contribution in [1.29, 1.82) is 0 Å². The van der Waals surface area contributed by atoms with E-state index in [0.717, 1.165) is 11.5 Å². The number of nitrogens with one attached hydrogen (secondary N) is 2. The van der Waals surface area contributed by atoms with Gasteiger partial charge in [-0.3, -0.25) is 9.89 Å². The molecule has 0 spiro atoms. The van der Waals surface area contributed by atoms with Crippen molar-refractivity contribution in [3.05, 3.63) is 34.0 Å². The zero-order valence-electron chi connectivity index (χ0n) is 11.1. The smallest absolute Gasteiger partial charge is 0.192 e. The molecule has 0 bridgehead atoms. The van der Waals surface area contributed by atoms with Gasteiger partial charge in [-0.25, -0.2) is 4.98 Å². The van der Waals surface area contributed by atoms with E-state index in [4.69, 9.17) is 0 Å². The maximum absolute atomic E-state index is 11.9. The summed E-state index contributed by atoms with van der Waals surface area (Å²) >= 11 is 0. The minimum atomic E-state index is -0.0366. The molecule has 0 atom stereocenters. The highest BCUT2D eigenvalue weighted by Gasteiger charge is 2.20. The molecule has 0 aromatic carbocycles. The predicted octanol–water partition coefficient (Wildman–Crippen LogP) is 2.52. The molecule has 2 heterocycles. The number of rotatable bonds is 2. The Morgan fingerprint density at radius 1 is 1.26 bits per heavy atom. The van der Waals surface area contributed by atoms with Gasteiger partial charge in [0.15, 0.2) is 11.3 Å². The predicted molar refractivity (Wildman–Crippen MR) is 73.0 cm³/mol. The molecule has 1 aliphatic rings. The summed E-state index contributed by atoms with van der Waals surface area (Å²) in [6, 6.07) is 1.58. The van der Waals surface area contributed by atoms with Crippen LogP contribution in [0.2, 0.25) is 0 Å². The van der Waals surface area contributed by atoms with Crippen LogP contribution < -0.4 is 5.43 Å². The maximum Gasteiger partial charge on any atom is 0.192 e. The zero-order valence-corrected chi connectivity index (χ0v) is 11.1. The quantitative estimate of drug-likeness (QED) is 0.869. The third-order valence-corrected chi connectivity index (χ3v) is 3.79. The highest BCUT2D eigenvalue weighted by atomic mass is 16.1. The molecular formula is C14H18N4O. The Balaban J connectivity index is 1.90. The Hall–Kier alpha value is -1.91. The lowest BCUT2D eigenvalue weighted by Gasteiger charge is -2.18. The van der Waals surface area contributed by atoms with E-state index in [9.17, 15) is 4.79 Å². The van der Waals surface area contributed by atoms with Gasteiger partial charge in [-0.15, -0.1) is 0 Å². The highest BCUT2D eigenvalue weighted by Crippen LogP contribution is 2.30. The number of hydrogen-bond donors (Lipinski definition) is 2. The van der Waals surface area contributed by atoms with Gasteiger partial charge in [-0.05, 0) is 19.8 Å². The summed E-state index contributed by atoms with van der Waals surface area (Å²) < 4.78 is 0. The lowest BCUT2D eigenvalue weighted by Crippen LogP contribution is -2.07. The van der Waals surface area contributed by atoms with Crippen molar-refractivity contribution in [2.24, 2.45) is 0 Å². The minimum Gasteiger partial charge on any atom is -0.364 e. The van der Waals surface area contributed by atoms with E-state index in [2.05, 4.69) is 20.2 Å². The first-order valence-corrected chi connectivity index (χ1v) is 6.86. The van der Waals surface area contributed by atoms with Gasteiger partial charge in [0.25, 0.3) is 0 Å². The van der Waals surface area contributed by atoms with Gasteiger partial charge in [0.1, 0.15) is 5.82 Å². The largest absolute Gasteiger partial charge is 0.364 e. The number of pyridine rings is 1. The summed E-state index contributed by atoms with van der Waals surface area (Å²) in [4.78, 5) is 19.5. The topological polar surface area (TPSA) is 74.4 Å². The second-order valence-corrected chi connectivity index (χ2v) is 5.27. The molecular weight excluding hydrogens is 240 g/mol. The molecule has 1 fully saturated rings. The zero-order chi connectivity index (χ0) is 13.2. The number of aryl methyl sites for hydroxylation is 1. The summed E-state index contributed by atoms with van der Waals surface area (Å²) in [7, 11) is 0. The van der Waals surface area contributed by atoms with Crippen LogP contribution >= 0.6 is 0 Å². The van der Waals surface area contributed by atoms with Gasteiger partial charge in [0.05, 0.1) is 5.56 Å². The fourth-order valence-corrected chi connectivity index (χ4v) is 2.70. The standard InChI is InChI=1S/C14H18N4O/c1-9-7-12(19)11(8-15-9)14-16-13(17-18-14)10-5-3-2-4-6-10/h7-8,10H,2-6H2,1H3,(H,15,19)(H,16,17,18). The second kappa shape index (κ2) is 4.99. The third-order valence-electron chi connectivity index (χ3n) is 3.79. The van der Waals surface area contributed by atoms with Crippen molar-refractivity contribution in [2.75, 3.05) is 0 Å². The van der Waals surface area contributed by atoms with Crippen molar-refractivity contribution in [3.8, 4) is 11.4 Å². The van der Waals surface area contributed by atoms with Crippen LogP contribution in [0.15, 0.2) is 17.1 Å². The highest BCUT2D eigenvalue weighted by molar-refractivity contribution is 5.52. The Morgan fingerprint density at radius 2 is 2.05 bits per heavy atom. The molecule has 19 heavy (non-hydrogen) atoms. The van der Waals surface area contributed by atoms with Gasteiger partial charge in [-0.2, -0.15) is 5.10 Å². The second-order valence-electron chi connectivity index (χ2n) is 5.27. The molecule has 1 saturated carbocycles. The molecule has 5 nitrogen and oxygen atoms in total. The van der Waals surface area contributed by atoms with Crippen molar-refractivity contribution in [1.82, 2.24) is 20.2 Å². The van der Waals surface area contributed by atoms with E-state index in [-0.39, 0.29) is 5.43 Å². The first-order valence-electron chi connectivity index (χ1n) is 6.86. The van der Waals surface area contributed by atoms with Crippen LogP contribution in [-0.4, -0.2) is 20.2 Å². The lowest BCUT2D eigenvalue weighted by atomic mass is 9.89. The molecule has 100 valence electrons. The lowest BCUT2D eigenvalue weighted by molar-refractivity contribution is 0.429. The molecule has 1 aliphatic carbocycles. The molecule has 3 rings (SSSR count). The van der Waals surface area contributed by atoms with Crippen LogP contribution in [-0.2, 0) is 0 Å². The molecule has 0 aliphatic heterocycles. The molecule has 0 unspecified atom stereocenters. The fraction of sp³-hybridized carbons (Fsp3) is 0.500. The van der Waals surface area contributed by atoms with E-state index in [1.54, 1.807) is 12.3 Å². The monoisotopic (exact) mass is 258 g/mol.